The van der Waals surface area contributed by atoms with E-state index >= 15 is 0 Å². The molecular formula is C11H14O9S. The van der Waals surface area contributed by atoms with E-state index < -0.39 is 34.3 Å². The van der Waals surface area contributed by atoms with Gasteiger partial charge >= 0.3 is 11.9 Å². The number of rotatable bonds is 5. The third kappa shape index (κ3) is 8.70. The second kappa shape index (κ2) is 8.32. The van der Waals surface area contributed by atoms with Crippen molar-refractivity contribution < 1.29 is 43.0 Å². The van der Waals surface area contributed by atoms with E-state index in [2.05, 4.69) is 0 Å². The largest absolute Gasteiger partial charge is 0.479 e. The zero-order chi connectivity index (χ0) is 16.6. The molecule has 2 atom stereocenters. The molecule has 9 nitrogen and oxygen atoms in total. The van der Waals surface area contributed by atoms with Gasteiger partial charge < -0.3 is 20.4 Å². The van der Waals surface area contributed by atoms with Crippen LogP contribution >= 0.6 is 0 Å². The SMILES string of the molecule is O=C(O)C(O)C(O)C(=O)O.O=S(=O)(O)Cc1ccccc1. The molecule has 21 heavy (non-hydrogen) atoms. The Morgan fingerprint density at radius 1 is 0.952 bits per heavy atom. The third-order valence-electron chi connectivity index (χ3n) is 2.00. The zero-order valence-corrected chi connectivity index (χ0v) is 11.3. The maximum atomic E-state index is 10.4. The second-order valence-corrected chi connectivity index (χ2v) is 5.23. The van der Waals surface area contributed by atoms with E-state index in [1.54, 1.807) is 30.3 Å². The minimum absolute atomic E-state index is 0.312. The Kier molecular flexibility index (Phi) is 7.52. The van der Waals surface area contributed by atoms with Crippen molar-refractivity contribution in [1.82, 2.24) is 0 Å². The maximum Gasteiger partial charge on any atom is 0.335 e. The van der Waals surface area contributed by atoms with Crippen molar-refractivity contribution in [3.63, 3.8) is 0 Å². The Morgan fingerprint density at radius 2 is 1.33 bits per heavy atom. The quantitative estimate of drug-likeness (QED) is 0.424. The monoisotopic (exact) mass is 322 g/mol. The van der Waals surface area contributed by atoms with Gasteiger partial charge in [0, 0.05) is 0 Å². The van der Waals surface area contributed by atoms with E-state index in [0.29, 0.717) is 5.56 Å². The average Bonchev–Trinajstić information content (AvgIpc) is 2.36. The van der Waals surface area contributed by atoms with Gasteiger partial charge in [0.1, 0.15) is 5.75 Å². The Balaban J connectivity index is 0.000000384. The van der Waals surface area contributed by atoms with Crippen LogP contribution in [0.5, 0.6) is 0 Å². The number of carbonyl (C=O) groups is 2. The van der Waals surface area contributed by atoms with Gasteiger partial charge in [-0.1, -0.05) is 30.3 Å². The molecule has 0 heterocycles. The molecule has 1 aromatic rings. The van der Waals surface area contributed by atoms with Crippen LogP contribution in [0.3, 0.4) is 0 Å². The molecule has 10 heteroatoms. The molecule has 0 bridgehead atoms. The molecular weight excluding hydrogens is 308 g/mol. The Morgan fingerprint density at radius 3 is 1.62 bits per heavy atom. The van der Waals surface area contributed by atoms with Gasteiger partial charge in [-0.25, -0.2) is 9.59 Å². The van der Waals surface area contributed by atoms with Crippen molar-refractivity contribution in [2.75, 3.05) is 0 Å². The maximum absolute atomic E-state index is 10.4. The fourth-order valence-electron chi connectivity index (χ4n) is 1.05. The van der Waals surface area contributed by atoms with E-state index in [0.717, 1.165) is 0 Å². The summed E-state index contributed by atoms with van der Waals surface area (Å²) in [5.74, 6) is -3.85. The van der Waals surface area contributed by atoms with E-state index in [1.165, 1.54) is 0 Å². The molecule has 2 unspecified atom stereocenters. The fourth-order valence-corrected chi connectivity index (χ4v) is 1.67. The number of hydrogen-bond donors (Lipinski definition) is 5. The normalized spacial score (nSPS) is 13.5. The first-order chi connectivity index (χ1) is 9.54. The molecule has 0 saturated heterocycles. The number of aliphatic hydroxyl groups is 2. The van der Waals surface area contributed by atoms with E-state index in [9.17, 15) is 18.0 Å². The summed E-state index contributed by atoms with van der Waals surface area (Å²) in [6.45, 7) is 0. The zero-order valence-electron chi connectivity index (χ0n) is 10.5. The molecule has 0 amide bonds. The lowest BCUT2D eigenvalue weighted by Gasteiger charge is -2.07. The van der Waals surface area contributed by atoms with Crippen LogP contribution in [0.2, 0.25) is 0 Å². The van der Waals surface area contributed by atoms with Gasteiger partial charge in [-0.05, 0) is 5.56 Å². The van der Waals surface area contributed by atoms with Gasteiger partial charge in [-0.3, -0.25) is 4.55 Å². The Labute approximate surface area is 119 Å². The van der Waals surface area contributed by atoms with Crippen molar-refractivity contribution >= 4 is 22.1 Å². The Hall–Kier alpha value is -2.01. The lowest BCUT2D eigenvalue weighted by molar-refractivity contribution is -0.165. The molecule has 0 saturated carbocycles. The number of hydrogen-bond acceptors (Lipinski definition) is 6. The number of aliphatic carboxylic acids is 2. The predicted octanol–water partition coefficient (Wildman–Crippen LogP) is -1.05. The summed E-state index contributed by atoms with van der Waals surface area (Å²) in [7, 11) is -3.88. The first kappa shape index (κ1) is 19.0. The fraction of sp³-hybridized carbons (Fsp3) is 0.273. The van der Waals surface area contributed by atoms with Gasteiger partial charge in [0.2, 0.25) is 0 Å². The highest BCUT2D eigenvalue weighted by molar-refractivity contribution is 7.85. The van der Waals surface area contributed by atoms with Crippen LogP contribution < -0.4 is 0 Å². The molecule has 0 aliphatic carbocycles. The van der Waals surface area contributed by atoms with Crippen LogP contribution in [-0.2, 0) is 25.5 Å². The number of aliphatic hydroxyl groups excluding tert-OH is 2. The smallest absolute Gasteiger partial charge is 0.335 e. The van der Waals surface area contributed by atoms with Gasteiger partial charge in [-0.15, -0.1) is 0 Å². The van der Waals surface area contributed by atoms with Gasteiger partial charge in [0.15, 0.2) is 12.2 Å². The number of benzene rings is 1. The van der Waals surface area contributed by atoms with Crippen molar-refractivity contribution in [1.29, 1.82) is 0 Å². The molecule has 5 N–H and O–H groups in total. The summed E-state index contributed by atoms with van der Waals surface area (Å²) >= 11 is 0. The highest BCUT2D eigenvalue weighted by Gasteiger charge is 2.29. The highest BCUT2D eigenvalue weighted by Crippen LogP contribution is 2.02. The summed E-state index contributed by atoms with van der Waals surface area (Å²) in [6.07, 6.45) is -4.53. The Bertz CT molecular complexity index is 549. The third-order valence-corrected chi connectivity index (χ3v) is 2.70. The summed E-state index contributed by atoms with van der Waals surface area (Å²) < 4.78 is 29.2. The molecule has 0 radical (unpaired) electrons. The van der Waals surface area contributed by atoms with Crippen molar-refractivity contribution in [3.05, 3.63) is 35.9 Å². The minimum Gasteiger partial charge on any atom is -0.479 e. The van der Waals surface area contributed by atoms with Crippen molar-refractivity contribution in [2.45, 2.75) is 18.0 Å². The van der Waals surface area contributed by atoms with Crippen LogP contribution in [0.1, 0.15) is 5.56 Å². The summed E-state index contributed by atoms with van der Waals surface area (Å²) in [4.78, 5) is 19.5. The molecule has 1 aromatic carbocycles. The molecule has 1 rings (SSSR count). The predicted molar refractivity (Wildman–Crippen MR) is 69.0 cm³/mol. The van der Waals surface area contributed by atoms with Crippen LogP contribution in [-0.4, -0.2) is 57.5 Å². The van der Waals surface area contributed by atoms with Crippen LogP contribution in [0.25, 0.3) is 0 Å². The number of carboxylic acids is 2. The topological polar surface area (TPSA) is 169 Å². The minimum atomic E-state index is -3.88. The molecule has 0 aliphatic heterocycles. The van der Waals surface area contributed by atoms with Gasteiger partial charge in [0.05, 0.1) is 0 Å². The standard InChI is InChI=1S/C7H8O3S.C4H6O6/c8-11(9,10)6-7-4-2-1-3-5-7;5-1(3(7)8)2(6)4(9)10/h1-5H,6H2,(H,8,9,10);1-2,5-6H,(H,7,8)(H,9,10). The summed E-state index contributed by atoms with van der Waals surface area (Å²) in [5, 5.41) is 32.5. The van der Waals surface area contributed by atoms with E-state index in [4.69, 9.17) is 25.0 Å². The van der Waals surface area contributed by atoms with Crippen LogP contribution in [0, 0.1) is 0 Å². The van der Waals surface area contributed by atoms with Gasteiger partial charge in [-0.2, -0.15) is 8.42 Å². The highest BCUT2D eigenvalue weighted by atomic mass is 32.2. The lowest BCUT2D eigenvalue weighted by atomic mass is 10.2. The van der Waals surface area contributed by atoms with Crippen LogP contribution in [0.15, 0.2) is 30.3 Å². The summed E-state index contributed by atoms with van der Waals surface area (Å²) in [6, 6.07) is 8.52. The number of carboxylic acid groups (broad SMARTS) is 2. The first-order valence-corrected chi connectivity index (χ1v) is 6.96. The van der Waals surface area contributed by atoms with E-state index in [1.807, 2.05) is 0 Å². The average molecular weight is 322 g/mol. The molecule has 0 fully saturated rings. The van der Waals surface area contributed by atoms with Crippen LogP contribution in [0.4, 0.5) is 0 Å². The van der Waals surface area contributed by atoms with Crippen molar-refractivity contribution in [3.8, 4) is 0 Å². The van der Waals surface area contributed by atoms with Crippen molar-refractivity contribution in [2.24, 2.45) is 0 Å². The van der Waals surface area contributed by atoms with E-state index in [-0.39, 0.29) is 5.75 Å². The van der Waals surface area contributed by atoms with Gasteiger partial charge in [0.25, 0.3) is 10.1 Å². The molecule has 118 valence electrons. The second-order valence-electron chi connectivity index (χ2n) is 3.78. The first-order valence-electron chi connectivity index (χ1n) is 5.35. The molecule has 0 aliphatic rings. The lowest BCUT2D eigenvalue weighted by Crippen LogP contribution is -2.39. The summed E-state index contributed by atoms with van der Waals surface area (Å²) in [5.41, 5.74) is 0.593. The molecule has 0 aromatic heterocycles. The molecule has 0 spiro atoms.